The molecule has 0 radical (unpaired) electrons. The van der Waals surface area contributed by atoms with Gasteiger partial charge in [-0.25, -0.2) is 0 Å². The lowest BCUT2D eigenvalue weighted by Gasteiger charge is -2.13. The van der Waals surface area contributed by atoms with Gasteiger partial charge in [0.25, 0.3) is 0 Å². The Morgan fingerprint density at radius 1 is 1.14 bits per heavy atom. The zero-order valence-corrected chi connectivity index (χ0v) is 13.6. The fourth-order valence-corrected chi connectivity index (χ4v) is 2.26. The van der Waals surface area contributed by atoms with E-state index in [1.807, 2.05) is 36.4 Å². The molecule has 0 saturated carbocycles. The summed E-state index contributed by atoms with van der Waals surface area (Å²) in [6, 6.07) is 17.9. The monoisotopic (exact) mass is 318 g/mol. The minimum Gasteiger partial charge on any atom is -0.354 e. The van der Waals surface area contributed by atoms with Gasteiger partial charge in [-0.1, -0.05) is 60.2 Å². The molecule has 1 atom stereocenters. The van der Waals surface area contributed by atoms with Gasteiger partial charge in [-0.05, 0) is 24.5 Å². The maximum Gasteiger partial charge on any atom is 0.220 e. The number of nitrogens with one attached hydrogen (secondary N) is 1. The number of rotatable bonds is 6. The summed E-state index contributed by atoms with van der Waals surface area (Å²) < 4.78 is 0. The van der Waals surface area contributed by atoms with Gasteiger partial charge in [-0.15, -0.1) is 12.4 Å². The molecule has 22 heavy (non-hydrogen) atoms. The zero-order chi connectivity index (χ0) is 15.1. The van der Waals surface area contributed by atoms with Gasteiger partial charge in [0, 0.05) is 19.0 Å². The van der Waals surface area contributed by atoms with Crippen molar-refractivity contribution in [3.63, 3.8) is 0 Å². The second-order valence-electron chi connectivity index (χ2n) is 5.31. The van der Waals surface area contributed by atoms with Gasteiger partial charge in [0.05, 0.1) is 0 Å². The number of aryl methyl sites for hydroxylation is 2. The van der Waals surface area contributed by atoms with Crippen LogP contribution in [0.15, 0.2) is 54.6 Å². The van der Waals surface area contributed by atoms with Crippen LogP contribution in [0.3, 0.4) is 0 Å². The van der Waals surface area contributed by atoms with Crippen molar-refractivity contribution in [3.8, 4) is 0 Å². The van der Waals surface area contributed by atoms with Crippen LogP contribution in [0.25, 0.3) is 0 Å². The number of amides is 1. The van der Waals surface area contributed by atoms with Crippen molar-refractivity contribution in [1.29, 1.82) is 0 Å². The highest BCUT2D eigenvalue weighted by Gasteiger charge is 2.08. The number of carbonyl (C=O) groups excluding carboxylic acids is 1. The molecular formula is C18H23ClN2O. The van der Waals surface area contributed by atoms with E-state index in [-0.39, 0.29) is 24.4 Å². The number of hydrogen-bond donors (Lipinski definition) is 2. The van der Waals surface area contributed by atoms with Gasteiger partial charge >= 0.3 is 0 Å². The van der Waals surface area contributed by atoms with E-state index in [4.69, 9.17) is 5.73 Å². The molecule has 1 amide bonds. The summed E-state index contributed by atoms with van der Waals surface area (Å²) in [5.74, 6) is 0.0443. The summed E-state index contributed by atoms with van der Waals surface area (Å²) >= 11 is 0. The molecule has 3 nitrogen and oxygen atoms in total. The molecule has 0 fully saturated rings. The number of nitrogens with two attached hydrogens (primary N) is 1. The van der Waals surface area contributed by atoms with Crippen molar-refractivity contribution in [3.05, 3.63) is 71.3 Å². The molecule has 0 aromatic heterocycles. The number of benzene rings is 2. The molecule has 0 aliphatic carbocycles. The average Bonchev–Trinajstić information content (AvgIpc) is 2.51. The Morgan fingerprint density at radius 3 is 2.55 bits per heavy atom. The molecule has 0 aliphatic rings. The molecule has 0 heterocycles. The molecule has 2 aromatic rings. The predicted molar refractivity (Wildman–Crippen MR) is 93.1 cm³/mol. The molecule has 118 valence electrons. The summed E-state index contributed by atoms with van der Waals surface area (Å²) in [5, 5.41) is 2.90. The van der Waals surface area contributed by atoms with Crippen LogP contribution in [-0.2, 0) is 11.2 Å². The first-order valence-corrected chi connectivity index (χ1v) is 7.28. The Labute approximate surface area is 138 Å². The Morgan fingerprint density at radius 2 is 1.86 bits per heavy atom. The quantitative estimate of drug-likeness (QED) is 0.859. The van der Waals surface area contributed by atoms with E-state index in [1.54, 1.807) is 0 Å². The Balaban J connectivity index is 0.00000242. The van der Waals surface area contributed by atoms with Crippen LogP contribution in [0.1, 0.15) is 29.2 Å². The van der Waals surface area contributed by atoms with Crippen LogP contribution in [0.2, 0.25) is 0 Å². The SMILES string of the molecule is Cc1cccc(CCC(=O)NCC(N)c2ccccc2)c1.Cl. The van der Waals surface area contributed by atoms with Crippen molar-refractivity contribution in [2.24, 2.45) is 5.73 Å². The first-order chi connectivity index (χ1) is 10.1. The molecule has 4 heteroatoms. The summed E-state index contributed by atoms with van der Waals surface area (Å²) in [6.07, 6.45) is 1.25. The van der Waals surface area contributed by atoms with Crippen LogP contribution in [-0.4, -0.2) is 12.5 Å². The fourth-order valence-electron chi connectivity index (χ4n) is 2.26. The maximum absolute atomic E-state index is 11.9. The maximum atomic E-state index is 11.9. The molecule has 3 N–H and O–H groups in total. The van der Waals surface area contributed by atoms with Gasteiger partial charge < -0.3 is 11.1 Å². The van der Waals surface area contributed by atoms with E-state index in [1.165, 1.54) is 11.1 Å². The minimum atomic E-state index is -0.158. The third-order valence-corrected chi connectivity index (χ3v) is 3.47. The highest BCUT2D eigenvalue weighted by atomic mass is 35.5. The van der Waals surface area contributed by atoms with E-state index < -0.39 is 0 Å². The first-order valence-electron chi connectivity index (χ1n) is 7.28. The third-order valence-electron chi connectivity index (χ3n) is 3.47. The van der Waals surface area contributed by atoms with Crippen LogP contribution in [0, 0.1) is 6.92 Å². The summed E-state index contributed by atoms with van der Waals surface area (Å²) in [6.45, 7) is 2.53. The minimum absolute atomic E-state index is 0. The number of halogens is 1. The Kier molecular flexibility index (Phi) is 7.64. The van der Waals surface area contributed by atoms with Crippen molar-refractivity contribution in [2.45, 2.75) is 25.8 Å². The normalized spacial score (nSPS) is 11.4. The lowest BCUT2D eigenvalue weighted by molar-refractivity contribution is -0.121. The largest absolute Gasteiger partial charge is 0.354 e. The van der Waals surface area contributed by atoms with Gasteiger partial charge in [-0.2, -0.15) is 0 Å². The molecule has 0 spiro atoms. The lowest BCUT2D eigenvalue weighted by Crippen LogP contribution is -2.32. The van der Waals surface area contributed by atoms with Crippen molar-refractivity contribution in [1.82, 2.24) is 5.32 Å². The van der Waals surface area contributed by atoms with Crippen LogP contribution < -0.4 is 11.1 Å². The van der Waals surface area contributed by atoms with Crippen molar-refractivity contribution in [2.75, 3.05) is 6.54 Å². The van der Waals surface area contributed by atoms with Crippen LogP contribution in [0.5, 0.6) is 0 Å². The van der Waals surface area contributed by atoms with Gasteiger partial charge in [0.1, 0.15) is 0 Å². The summed E-state index contributed by atoms with van der Waals surface area (Å²) in [7, 11) is 0. The van der Waals surface area contributed by atoms with E-state index >= 15 is 0 Å². The van der Waals surface area contributed by atoms with Crippen LogP contribution >= 0.6 is 12.4 Å². The van der Waals surface area contributed by atoms with Gasteiger partial charge in [0.15, 0.2) is 0 Å². The molecule has 0 bridgehead atoms. The first kappa shape index (κ1) is 18.2. The highest BCUT2D eigenvalue weighted by molar-refractivity contribution is 5.85. The molecule has 1 unspecified atom stereocenters. The summed E-state index contributed by atoms with van der Waals surface area (Å²) in [4.78, 5) is 11.9. The summed E-state index contributed by atoms with van der Waals surface area (Å²) in [5.41, 5.74) is 9.51. The van der Waals surface area contributed by atoms with Crippen molar-refractivity contribution < 1.29 is 4.79 Å². The van der Waals surface area contributed by atoms with Crippen molar-refractivity contribution >= 4 is 18.3 Å². The third kappa shape index (κ3) is 5.88. The smallest absolute Gasteiger partial charge is 0.220 e. The molecular weight excluding hydrogens is 296 g/mol. The Bertz CT molecular complexity index is 587. The van der Waals surface area contributed by atoms with E-state index in [9.17, 15) is 4.79 Å². The van der Waals surface area contributed by atoms with E-state index in [0.29, 0.717) is 13.0 Å². The van der Waals surface area contributed by atoms with Crippen LogP contribution in [0.4, 0.5) is 0 Å². The molecule has 2 aromatic carbocycles. The van der Waals surface area contributed by atoms with Gasteiger partial charge in [0.2, 0.25) is 5.91 Å². The molecule has 0 aliphatic heterocycles. The predicted octanol–water partition coefficient (Wildman–Crippen LogP) is 3.17. The number of carbonyl (C=O) groups is 1. The fraction of sp³-hybridized carbons (Fsp3) is 0.278. The zero-order valence-electron chi connectivity index (χ0n) is 12.8. The second kappa shape index (κ2) is 9.23. The lowest BCUT2D eigenvalue weighted by atomic mass is 10.1. The van der Waals surface area contributed by atoms with E-state index in [2.05, 4.69) is 30.4 Å². The molecule has 0 saturated heterocycles. The number of hydrogen-bond acceptors (Lipinski definition) is 2. The topological polar surface area (TPSA) is 55.1 Å². The molecule has 2 rings (SSSR count). The highest BCUT2D eigenvalue weighted by Crippen LogP contribution is 2.09. The standard InChI is InChI=1S/C18H22N2O.ClH/c1-14-6-5-7-15(12-14)10-11-18(21)20-13-17(19)16-8-3-2-4-9-16;/h2-9,12,17H,10-11,13,19H2,1H3,(H,20,21);1H. The second-order valence-corrected chi connectivity index (χ2v) is 5.31. The van der Waals surface area contributed by atoms with E-state index in [0.717, 1.165) is 12.0 Å². The Hall–Kier alpha value is -1.84. The van der Waals surface area contributed by atoms with Gasteiger partial charge in [-0.3, -0.25) is 4.79 Å². The average molecular weight is 319 g/mol.